The van der Waals surface area contributed by atoms with Crippen LogP contribution in [0.3, 0.4) is 0 Å². The summed E-state index contributed by atoms with van der Waals surface area (Å²) >= 11 is 0. The fourth-order valence-electron chi connectivity index (χ4n) is 1.26. The van der Waals surface area contributed by atoms with Crippen LogP contribution in [0.2, 0.25) is 0 Å². The molecule has 0 aliphatic rings. The maximum absolute atomic E-state index is 10.8. The van der Waals surface area contributed by atoms with Crippen LogP contribution in [-0.4, -0.2) is 14.7 Å². The van der Waals surface area contributed by atoms with Crippen molar-refractivity contribution in [3.05, 3.63) is 36.1 Å². The molecule has 0 radical (unpaired) electrons. The normalized spacial score (nSPS) is 12.1. The second-order valence-electron chi connectivity index (χ2n) is 3.26. The van der Waals surface area contributed by atoms with Gasteiger partial charge in [-0.15, -0.1) is 0 Å². The third-order valence-electron chi connectivity index (χ3n) is 1.96. The summed E-state index contributed by atoms with van der Waals surface area (Å²) in [6.45, 7) is 0.0372. The second kappa shape index (κ2) is 3.67. The fraction of sp³-hybridized carbons (Fsp3) is 0.200. The first-order valence-corrected chi connectivity index (χ1v) is 6.17. The predicted octanol–water partition coefficient (Wildman–Crippen LogP) is 1.91. The van der Waals surface area contributed by atoms with E-state index < -0.39 is 10.1 Å². The molecule has 1 aromatic carbocycles. The first kappa shape index (κ1) is 10.2. The monoisotopic (exact) mass is 226 g/mol. The minimum atomic E-state index is -3.39. The zero-order chi connectivity index (χ0) is 10.9. The maximum Gasteiger partial charge on any atom is 0.264 e. The van der Waals surface area contributed by atoms with Gasteiger partial charge in [0.2, 0.25) is 0 Å². The molecule has 2 rings (SSSR count). The van der Waals surface area contributed by atoms with Crippen molar-refractivity contribution >= 4 is 21.1 Å². The van der Waals surface area contributed by atoms with Crippen molar-refractivity contribution in [1.29, 1.82) is 0 Å². The van der Waals surface area contributed by atoms with Crippen LogP contribution in [0.4, 0.5) is 0 Å². The summed E-state index contributed by atoms with van der Waals surface area (Å²) in [7, 11) is -3.39. The Hall–Kier alpha value is -1.33. The lowest BCUT2D eigenvalue weighted by molar-refractivity contribution is 0.311. The molecule has 0 aliphatic carbocycles. The summed E-state index contributed by atoms with van der Waals surface area (Å²) in [4.78, 5) is 0. The molecule has 0 bridgehead atoms. The Morgan fingerprint density at radius 1 is 1.33 bits per heavy atom. The zero-order valence-corrected chi connectivity index (χ0v) is 8.95. The highest BCUT2D eigenvalue weighted by Crippen LogP contribution is 2.17. The van der Waals surface area contributed by atoms with Gasteiger partial charge in [-0.25, -0.2) is 0 Å². The third kappa shape index (κ3) is 2.57. The van der Waals surface area contributed by atoms with E-state index in [1.165, 1.54) is 0 Å². The zero-order valence-electron chi connectivity index (χ0n) is 8.14. The number of fused-ring (bicyclic) bond motifs is 1. The second-order valence-corrected chi connectivity index (χ2v) is 4.90. The van der Waals surface area contributed by atoms with Crippen molar-refractivity contribution in [3.63, 3.8) is 0 Å². The Labute approximate surface area is 87.6 Å². The van der Waals surface area contributed by atoms with Crippen molar-refractivity contribution in [3.8, 4) is 0 Å². The molecular formula is C10H10O4S. The molecule has 0 N–H and O–H groups in total. The lowest BCUT2D eigenvalue weighted by Crippen LogP contribution is -2.02. The molecule has 2 aromatic rings. The Balaban J connectivity index is 2.21. The SMILES string of the molecule is CS(=O)(=O)OCc1ccc2ccoc2c1. The molecule has 1 aromatic heterocycles. The minimum Gasteiger partial charge on any atom is -0.464 e. The van der Waals surface area contributed by atoms with E-state index in [9.17, 15) is 8.42 Å². The van der Waals surface area contributed by atoms with Gasteiger partial charge in [-0.1, -0.05) is 12.1 Å². The summed E-state index contributed by atoms with van der Waals surface area (Å²) in [5.41, 5.74) is 1.49. The minimum absolute atomic E-state index is 0.0372. The molecule has 0 saturated carbocycles. The number of benzene rings is 1. The highest BCUT2D eigenvalue weighted by atomic mass is 32.2. The topological polar surface area (TPSA) is 56.5 Å². The van der Waals surface area contributed by atoms with Gasteiger partial charge in [0.05, 0.1) is 19.1 Å². The highest BCUT2D eigenvalue weighted by Gasteiger charge is 2.04. The van der Waals surface area contributed by atoms with Crippen LogP contribution in [0.25, 0.3) is 11.0 Å². The molecule has 0 fully saturated rings. The van der Waals surface area contributed by atoms with Gasteiger partial charge < -0.3 is 4.42 Å². The number of rotatable bonds is 3. The van der Waals surface area contributed by atoms with Crippen LogP contribution in [0, 0.1) is 0 Å². The van der Waals surface area contributed by atoms with E-state index in [-0.39, 0.29) is 6.61 Å². The van der Waals surface area contributed by atoms with Crippen molar-refractivity contribution < 1.29 is 17.0 Å². The predicted molar refractivity (Wildman–Crippen MR) is 55.8 cm³/mol. The van der Waals surface area contributed by atoms with E-state index in [4.69, 9.17) is 4.42 Å². The van der Waals surface area contributed by atoms with Crippen LogP contribution in [-0.2, 0) is 20.9 Å². The first-order chi connectivity index (χ1) is 7.04. The van der Waals surface area contributed by atoms with Crippen molar-refractivity contribution in [1.82, 2.24) is 0 Å². The van der Waals surface area contributed by atoms with Gasteiger partial charge in [-0.05, 0) is 17.7 Å². The summed E-state index contributed by atoms with van der Waals surface area (Å²) in [5, 5.41) is 0.984. The third-order valence-corrected chi connectivity index (χ3v) is 2.51. The molecule has 5 heteroatoms. The molecular weight excluding hydrogens is 216 g/mol. The van der Waals surface area contributed by atoms with Gasteiger partial charge in [-0.2, -0.15) is 8.42 Å². The number of hydrogen-bond acceptors (Lipinski definition) is 4. The van der Waals surface area contributed by atoms with Crippen molar-refractivity contribution in [2.45, 2.75) is 6.61 Å². The summed E-state index contributed by atoms with van der Waals surface area (Å²) in [5.74, 6) is 0. The smallest absolute Gasteiger partial charge is 0.264 e. The van der Waals surface area contributed by atoms with Gasteiger partial charge in [0.1, 0.15) is 5.58 Å². The van der Waals surface area contributed by atoms with Gasteiger partial charge in [0, 0.05) is 5.39 Å². The molecule has 0 aliphatic heterocycles. The summed E-state index contributed by atoms with van der Waals surface area (Å²) in [6.07, 6.45) is 2.62. The first-order valence-electron chi connectivity index (χ1n) is 4.35. The van der Waals surface area contributed by atoms with E-state index in [2.05, 4.69) is 4.18 Å². The van der Waals surface area contributed by atoms with Gasteiger partial charge >= 0.3 is 0 Å². The molecule has 0 amide bonds. The van der Waals surface area contributed by atoms with E-state index in [0.717, 1.165) is 22.8 Å². The average molecular weight is 226 g/mol. The quantitative estimate of drug-likeness (QED) is 0.750. The van der Waals surface area contributed by atoms with Gasteiger partial charge in [0.25, 0.3) is 10.1 Å². The molecule has 0 saturated heterocycles. The van der Waals surface area contributed by atoms with Crippen LogP contribution in [0.1, 0.15) is 5.56 Å². The molecule has 0 spiro atoms. The molecule has 0 atom stereocenters. The van der Waals surface area contributed by atoms with Crippen LogP contribution < -0.4 is 0 Å². The Morgan fingerprint density at radius 2 is 2.13 bits per heavy atom. The van der Waals surface area contributed by atoms with Gasteiger partial charge in [-0.3, -0.25) is 4.18 Å². The Bertz CT molecular complexity index is 568. The lowest BCUT2D eigenvalue weighted by atomic mass is 10.2. The maximum atomic E-state index is 10.8. The Morgan fingerprint density at radius 3 is 2.87 bits per heavy atom. The molecule has 4 nitrogen and oxygen atoms in total. The van der Waals surface area contributed by atoms with Crippen molar-refractivity contribution in [2.24, 2.45) is 0 Å². The van der Waals surface area contributed by atoms with E-state index >= 15 is 0 Å². The standard InChI is InChI=1S/C10H10O4S/c1-15(11,12)14-7-8-2-3-9-4-5-13-10(9)6-8/h2-6H,7H2,1H3. The number of furan rings is 1. The summed E-state index contributed by atoms with van der Waals surface area (Å²) < 4.78 is 31.4. The molecule has 1 heterocycles. The molecule has 80 valence electrons. The fourth-order valence-corrected chi connectivity index (χ4v) is 1.61. The molecule has 0 unspecified atom stereocenters. The van der Waals surface area contributed by atoms with Gasteiger partial charge in [0.15, 0.2) is 0 Å². The Kier molecular flexibility index (Phi) is 2.50. The number of hydrogen-bond donors (Lipinski definition) is 0. The molecule has 15 heavy (non-hydrogen) atoms. The largest absolute Gasteiger partial charge is 0.464 e. The van der Waals surface area contributed by atoms with Crippen LogP contribution in [0.15, 0.2) is 34.9 Å². The van der Waals surface area contributed by atoms with Crippen LogP contribution >= 0.6 is 0 Å². The van der Waals surface area contributed by atoms with Crippen molar-refractivity contribution in [2.75, 3.05) is 6.26 Å². The van der Waals surface area contributed by atoms with E-state index in [1.807, 2.05) is 18.2 Å². The van der Waals surface area contributed by atoms with E-state index in [1.54, 1.807) is 12.3 Å². The average Bonchev–Trinajstić information content (AvgIpc) is 2.60. The van der Waals surface area contributed by atoms with E-state index in [0.29, 0.717) is 0 Å². The lowest BCUT2D eigenvalue weighted by Gasteiger charge is -2.00. The summed E-state index contributed by atoms with van der Waals surface area (Å²) in [6, 6.07) is 7.28. The van der Waals surface area contributed by atoms with Crippen LogP contribution in [0.5, 0.6) is 0 Å². The highest BCUT2D eigenvalue weighted by molar-refractivity contribution is 7.85.